The molecule has 0 bridgehead atoms. The average Bonchev–Trinajstić information content (AvgIpc) is 2.73. The Morgan fingerprint density at radius 2 is 1.27 bits per heavy atom. The third-order valence-corrected chi connectivity index (χ3v) is 4.06. The lowest BCUT2D eigenvalue weighted by molar-refractivity contribution is 0.276. The summed E-state index contributed by atoms with van der Waals surface area (Å²) in [7, 11) is 10.4. The zero-order valence-electron chi connectivity index (χ0n) is 22.1. The zero-order chi connectivity index (χ0) is 24.4. The number of rotatable bonds is 9. The largest absolute Gasteiger partial charge is 0.316 e. The smallest absolute Gasteiger partial charge is 0.0391 e. The van der Waals surface area contributed by atoms with Gasteiger partial charge in [-0.15, -0.1) is 24.0 Å². The molecule has 172 valence electrons. The van der Waals surface area contributed by atoms with E-state index >= 15 is 0 Å². The maximum absolute atomic E-state index is 6.90. The maximum Gasteiger partial charge on any atom is 0.0391 e. The van der Waals surface area contributed by atoms with Gasteiger partial charge in [-0.3, -0.25) is 0 Å². The van der Waals surface area contributed by atoms with Crippen molar-refractivity contribution >= 4 is 24.0 Å². The number of halogens is 2. The number of benzene rings is 2. The standard InChI is InChI=1S/C12H20N2.C8H11N.C4H10ClN.ClH/c1-13(2)9-10-14(3)11-12-7-5-4-6-8-12;1-9-7-8-5-3-2-4-6-8;1-6(2)4-3-5;/h4-8H,9-11H2,1-3H3;2-6,9H,7H2,1H3;3-4H2,1-2H3;1H/i;1D3;;. The first kappa shape index (κ1) is 25.1. The lowest BCUT2D eigenvalue weighted by Gasteiger charge is -2.19. The first-order chi connectivity index (χ1) is 15.0. The van der Waals surface area contributed by atoms with Crippen molar-refractivity contribution in [2.75, 3.05) is 67.7 Å². The fourth-order valence-electron chi connectivity index (χ4n) is 2.21. The minimum atomic E-state index is -2.05. The highest BCUT2D eigenvalue weighted by Gasteiger charge is 1.99. The number of hydrogen-bond acceptors (Lipinski definition) is 4. The molecule has 0 unspecified atom stereocenters. The molecule has 2 aromatic rings. The first-order valence-electron chi connectivity index (χ1n) is 11.4. The fourth-order valence-corrected chi connectivity index (χ4v) is 2.55. The van der Waals surface area contributed by atoms with Crippen LogP contribution >= 0.6 is 24.0 Å². The third-order valence-electron chi connectivity index (χ3n) is 3.89. The van der Waals surface area contributed by atoms with Gasteiger partial charge < -0.3 is 20.0 Å². The second-order valence-corrected chi connectivity index (χ2v) is 7.74. The summed E-state index contributed by atoms with van der Waals surface area (Å²) in [6, 6.07) is 20.0. The molecule has 0 aliphatic heterocycles. The summed E-state index contributed by atoms with van der Waals surface area (Å²) >= 11 is 5.35. The molecule has 1 N–H and O–H groups in total. The number of nitrogens with one attached hydrogen (secondary N) is 1. The molecule has 0 atom stereocenters. The van der Waals surface area contributed by atoms with E-state index in [4.69, 9.17) is 15.7 Å². The van der Waals surface area contributed by atoms with Crippen LogP contribution in [-0.2, 0) is 13.1 Å². The highest BCUT2D eigenvalue weighted by molar-refractivity contribution is 6.18. The minimum absolute atomic E-state index is 0. The van der Waals surface area contributed by atoms with Crippen molar-refractivity contribution in [3.63, 3.8) is 0 Å². The Balaban J connectivity index is 0. The van der Waals surface area contributed by atoms with Crippen molar-refractivity contribution in [1.82, 2.24) is 20.0 Å². The molecule has 0 aromatic heterocycles. The molecule has 0 aliphatic rings. The van der Waals surface area contributed by atoms with Crippen LogP contribution in [0.4, 0.5) is 0 Å². The van der Waals surface area contributed by atoms with E-state index in [9.17, 15) is 0 Å². The van der Waals surface area contributed by atoms with Crippen molar-refractivity contribution in [2.45, 2.75) is 13.1 Å². The predicted molar refractivity (Wildman–Crippen MR) is 137 cm³/mol. The third kappa shape index (κ3) is 20.1. The van der Waals surface area contributed by atoms with Gasteiger partial charge in [-0.1, -0.05) is 60.7 Å². The Labute approximate surface area is 200 Å². The van der Waals surface area contributed by atoms with E-state index < -0.39 is 6.98 Å². The van der Waals surface area contributed by atoms with Gasteiger partial charge in [0.1, 0.15) is 0 Å². The van der Waals surface area contributed by atoms with Crippen LogP contribution in [-0.4, -0.2) is 82.4 Å². The van der Waals surface area contributed by atoms with Crippen molar-refractivity contribution in [3.8, 4) is 0 Å². The van der Waals surface area contributed by atoms with Crippen LogP contribution in [0.2, 0.25) is 0 Å². The summed E-state index contributed by atoms with van der Waals surface area (Å²) in [5.74, 6) is 0.729. The number of likely N-dealkylation sites (N-methyl/N-ethyl adjacent to an activating group) is 2. The van der Waals surface area contributed by atoms with Gasteiger partial charge in [-0.2, -0.15) is 0 Å². The van der Waals surface area contributed by atoms with Crippen molar-refractivity contribution in [1.29, 1.82) is 0 Å². The average molecular weight is 461 g/mol. The van der Waals surface area contributed by atoms with Gasteiger partial charge in [-0.05, 0) is 53.3 Å². The van der Waals surface area contributed by atoms with Gasteiger partial charge in [0.15, 0.2) is 0 Å². The Morgan fingerprint density at radius 1 is 0.767 bits per heavy atom. The van der Waals surface area contributed by atoms with Crippen LogP contribution in [0.25, 0.3) is 0 Å². The molecule has 2 rings (SSSR count). The molecule has 0 radical (unpaired) electrons. The van der Waals surface area contributed by atoms with Crippen LogP contribution in [0, 0.1) is 0 Å². The molecule has 6 heteroatoms. The quantitative estimate of drug-likeness (QED) is 0.564. The topological polar surface area (TPSA) is 21.8 Å². The predicted octanol–water partition coefficient (Wildman–Crippen LogP) is 4.29. The van der Waals surface area contributed by atoms with Crippen LogP contribution in [0.5, 0.6) is 0 Å². The van der Waals surface area contributed by atoms with Gasteiger partial charge in [0, 0.05) is 42.7 Å². The van der Waals surface area contributed by atoms with Crippen molar-refractivity contribution in [2.24, 2.45) is 0 Å². The van der Waals surface area contributed by atoms with Crippen LogP contribution in [0.1, 0.15) is 15.2 Å². The van der Waals surface area contributed by atoms with E-state index in [2.05, 4.69) is 66.6 Å². The summed E-state index contributed by atoms with van der Waals surface area (Å²) < 4.78 is 20.7. The Kier molecular flexibility index (Phi) is 17.7. The van der Waals surface area contributed by atoms with Crippen LogP contribution in [0.3, 0.4) is 0 Å². The summed E-state index contributed by atoms with van der Waals surface area (Å²) in [5, 5.41) is 2.44. The molecule has 30 heavy (non-hydrogen) atoms. The zero-order valence-corrected chi connectivity index (χ0v) is 20.7. The molecular formula is C24H42Cl2N4. The number of alkyl halides is 1. The molecule has 0 saturated carbocycles. The van der Waals surface area contributed by atoms with E-state index in [-0.39, 0.29) is 12.4 Å². The van der Waals surface area contributed by atoms with E-state index in [1.807, 2.05) is 49.3 Å². The molecule has 0 fully saturated rings. The van der Waals surface area contributed by atoms with Gasteiger partial charge >= 0.3 is 0 Å². The number of hydrogen-bond donors (Lipinski definition) is 1. The Morgan fingerprint density at radius 3 is 1.67 bits per heavy atom. The minimum Gasteiger partial charge on any atom is -0.316 e. The molecule has 0 amide bonds. The van der Waals surface area contributed by atoms with Crippen molar-refractivity contribution in [3.05, 3.63) is 71.8 Å². The molecule has 0 spiro atoms. The van der Waals surface area contributed by atoms with Crippen molar-refractivity contribution < 1.29 is 4.11 Å². The first-order valence-corrected chi connectivity index (χ1v) is 10.4. The normalized spacial score (nSPS) is 12.0. The monoisotopic (exact) mass is 459 g/mol. The second kappa shape index (κ2) is 21.1. The highest BCUT2D eigenvalue weighted by atomic mass is 35.5. The van der Waals surface area contributed by atoms with E-state index in [0.717, 1.165) is 37.6 Å². The summed E-state index contributed by atoms with van der Waals surface area (Å²) in [5.41, 5.74) is 2.36. The van der Waals surface area contributed by atoms with Gasteiger partial charge in [0.25, 0.3) is 0 Å². The molecule has 0 saturated heterocycles. The number of nitrogens with zero attached hydrogens (tertiary/aromatic N) is 3. The van der Waals surface area contributed by atoms with Gasteiger partial charge in [-0.25, -0.2) is 0 Å². The summed E-state index contributed by atoms with van der Waals surface area (Å²) in [4.78, 5) is 6.60. The lowest BCUT2D eigenvalue weighted by atomic mass is 10.2. The maximum atomic E-state index is 6.90. The molecule has 0 heterocycles. The summed E-state index contributed by atoms with van der Waals surface area (Å²) in [6.45, 7) is 2.58. The SMILES string of the molecule is CN(C)CCCl.CN(C)CCN(C)Cc1ccccc1.Cl.[2H]C([2H])([2H])NCc1ccccc1. The molecule has 2 aromatic carbocycles. The van der Waals surface area contributed by atoms with Crippen LogP contribution in [0.15, 0.2) is 60.7 Å². The summed E-state index contributed by atoms with van der Waals surface area (Å²) in [6.07, 6.45) is 0. The Bertz CT molecular complexity index is 672. The Hall–Kier alpha value is -1.14. The van der Waals surface area contributed by atoms with E-state index in [1.54, 1.807) is 0 Å². The van der Waals surface area contributed by atoms with E-state index in [1.165, 1.54) is 5.56 Å². The molecule has 0 aliphatic carbocycles. The molecular weight excluding hydrogens is 415 g/mol. The van der Waals surface area contributed by atoms with E-state index in [0.29, 0.717) is 6.54 Å². The van der Waals surface area contributed by atoms with Gasteiger partial charge in [0.2, 0.25) is 0 Å². The van der Waals surface area contributed by atoms with Crippen LogP contribution < -0.4 is 5.32 Å². The highest BCUT2D eigenvalue weighted by Crippen LogP contribution is 2.01. The molecule has 4 nitrogen and oxygen atoms in total. The van der Waals surface area contributed by atoms with Gasteiger partial charge in [0.05, 0.1) is 0 Å². The lowest BCUT2D eigenvalue weighted by Crippen LogP contribution is -2.28. The fraction of sp³-hybridized carbons (Fsp3) is 0.500. The second-order valence-electron chi connectivity index (χ2n) is 7.36.